The molecule has 0 amide bonds. The molecule has 0 unspecified atom stereocenters. The minimum Gasteiger partial charge on any atom is -0.358 e. The maximum atomic E-state index is 2.31. The van der Waals surface area contributed by atoms with Crippen LogP contribution in [0.5, 0.6) is 0 Å². The molecule has 112 valence electrons. The molecule has 0 saturated heterocycles. The van der Waals surface area contributed by atoms with Gasteiger partial charge in [0.25, 0.3) is 0 Å². The summed E-state index contributed by atoms with van der Waals surface area (Å²) in [5.41, 5.74) is 1.52. The zero-order valence-electron chi connectivity index (χ0n) is 13.4. The van der Waals surface area contributed by atoms with E-state index in [1.165, 1.54) is 52.8 Å². The van der Waals surface area contributed by atoms with E-state index in [-0.39, 0.29) is 40.7 Å². The van der Waals surface area contributed by atoms with Gasteiger partial charge < -0.3 is 14.9 Å². The standard InChI is InChI=1S/C18H19.2CH3.Hf/c1-2-3-4-8-15-12-13-16-11-10-14-7-5-6-9-17(14)18(15)16;;;/h5-7,9-13H,2-4,8H2,1H3;2*1H3;/q3*-1;. The van der Waals surface area contributed by atoms with Gasteiger partial charge in [-0.3, -0.25) is 0 Å². The molecule has 0 heterocycles. The summed E-state index contributed by atoms with van der Waals surface area (Å²) in [6.07, 6.45) is 5.14. The molecule has 3 rings (SSSR count). The van der Waals surface area contributed by atoms with Gasteiger partial charge in [-0.1, -0.05) is 73.7 Å². The first-order valence-electron chi connectivity index (χ1n) is 6.96. The van der Waals surface area contributed by atoms with Crippen molar-refractivity contribution >= 4 is 21.5 Å². The molecule has 0 N–H and O–H groups in total. The molecule has 21 heavy (non-hydrogen) atoms. The number of hydrogen-bond acceptors (Lipinski definition) is 0. The van der Waals surface area contributed by atoms with Gasteiger partial charge in [0, 0.05) is 25.8 Å². The van der Waals surface area contributed by atoms with Crippen LogP contribution in [0.1, 0.15) is 31.7 Å². The van der Waals surface area contributed by atoms with Crippen LogP contribution < -0.4 is 0 Å². The van der Waals surface area contributed by atoms with E-state index in [0.29, 0.717) is 0 Å². The van der Waals surface area contributed by atoms with Crippen LogP contribution in [0.4, 0.5) is 0 Å². The van der Waals surface area contributed by atoms with Crippen LogP contribution in [0.15, 0.2) is 48.5 Å². The normalized spacial score (nSPS) is 9.76. The fourth-order valence-electron chi connectivity index (χ4n) is 2.83. The van der Waals surface area contributed by atoms with Crippen molar-refractivity contribution in [3.63, 3.8) is 0 Å². The molecule has 0 aliphatic heterocycles. The van der Waals surface area contributed by atoms with Gasteiger partial charge in [-0.05, 0) is 0 Å². The van der Waals surface area contributed by atoms with Gasteiger partial charge >= 0.3 is 0 Å². The van der Waals surface area contributed by atoms with Gasteiger partial charge in [0.15, 0.2) is 0 Å². The van der Waals surface area contributed by atoms with Crippen LogP contribution in [-0.2, 0) is 32.3 Å². The van der Waals surface area contributed by atoms with Gasteiger partial charge in [0.05, 0.1) is 0 Å². The molecule has 0 spiro atoms. The van der Waals surface area contributed by atoms with Crippen molar-refractivity contribution in [1.82, 2.24) is 0 Å². The van der Waals surface area contributed by atoms with Gasteiger partial charge in [0.2, 0.25) is 0 Å². The van der Waals surface area contributed by atoms with E-state index < -0.39 is 0 Å². The van der Waals surface area contributed by atoms with Crippen LogP contribution in [0.25, 0.3) is 21.5 Å². The van der Waals surface area contributed by atoms with E-state index in [4.69, 9.17) is 0 Å². The van der Waals surface area contributed by atoms with Gasteiger partial charge in [-0.25, -0.2) is 0 Å². The van der Waals surface area contributed by atoms with Crippen LogP contribution in [0, 0.1) is 14.9 Å². The average molecular weight is 444 g/mol. The first kappa shape index (κ1) is 20.2. The Kier molecular flexibility index (Phi) is 8.89. The predicted molar refractivity (Wildman–Crippen MR) is 93.1 cm³/mol. The SMILES string of the molecule is CCCCC[c-]1ccc2ccc3ccccc3c21.[CH3-].[CH3-].[Hf]. The van der Waals surface area contributed by atoms with Crippen LogP contribution in [0.2, 0.25) is 0 Å². The second-order valence-electron chi connectivity index (χ2n) is 5.07. The third kappa shape index (κ3) is 4.10. The molecular weight excluding hydrogens is 419 g/mol. The van der Waals surface area contributed by atoms with Crippen molar-refractivity contribution in [2.75, 3.05) is 0 Å². The van der Waals surface area contributed by atoms with Crippen LogP contribution in [0.3, 0.4) is 0 Å². The number of aryl methyl sites for hydroxylation is 1. The summed E-state index contributed by atoms with van der Waals surface area (Å²) < 4.78 is 0. The average Bonchev–Trinajstić information content (AvgIpc) is 2.83. The molecule has 0 aliphatic rings. The number of unbranched alkanes of at least 4 members (excludes halogenated alkanes) is 2. The number of benzene rings is 2. The Morgan fingerprint density at radius 2 is 1.57 bits per heavy atom. The van der Waals surface area contributed by atoms with Gasteiger partial charge in [0.1, 0.15) is 0 Å². The Labute approximate surface area is 148 Å². The van der Waals surface area contributed by atoms with Crippen molar-refractivity contribution < 1.29 is 25.8 Å². The zero-order chi connectivity index (χ0) is 12.4. The van der Waals surface area contributed by atoms with E-state index in [2.05, 4.69) is 55.5 Å². The van der Waals surface area contributed by atoms with Crippen molar-refractivity contribution in [2.24, 2.45) is 0 Å². The Morgan fingerprint density at radius 1 is 0.857 bits per heavy atom. The molecule has 0 atom stereocenters. The Hall–Kier alpha value is -0.820. The molecule has 0 nitrogen and oxygen atoms in total. The Balaban J connectivity index is 0.00000133. The Bertz CT molecular complexity index is 664. The maximum absolute atomic E-state index is 2.31. The summed E-state index contributed by atoms with van der Waals surface area (Å²) in [6.45, 7) is 2.26. The topological polar surface area (TPSA) is 0 Å². The van der Waals surface area contributed by atoms with Crippen LogP contribution >= 0.6 is 0 Å². The fourth-order valence-corrected chi connectivity index (χ4v) is 2.83. The van der Waals surface area contributed by atoms with E-state index in [0.717, 1.165) is 0 Å². The summed E-state index contributed by atoms with van der Waals surface area (Å²) in [7, 11) is 0. The van der Waals surface area contributed by atoms with Gasteiger partial charge in [-0.15, -0.1) is 28.5 Å². The van der Waals surface area contributed by atoms with E-state index in [9.17, 15) is 0 Å². The fraction of sp³-hybridized carbons (Fsp3) is 0.250. The summed E-state index contributed by atoms with van der Waals surface area (Å²) >= 11 is 0. The maximum Gasteiger partial charge on any atom is 0 e. The summed E-state index contributed by atoms with van der Waals surface area (Å²) in [4.78, 5) is 0. The van der Waals surface area contributed by atoms with Crippen LogP contribution in [-0.4, -0.2) is 0 Å². The van der Waals surface area contributed by atoms with Crippen molar-refractivity contribution in [1.29, 1.82) is 0 Å². The van der Waals surface area contributed by atoms with E-state index in [1.807, 2.05) is 0 Å². The molecule has 0 aliphatic carbocycles. The van der Waals surface area contributed by atoms with Crippen molar-refractivity contribution in [3.05, 3.63) is 68.9 Å². The summed E-state index contributed by atoms with van der Waals surface area (Å²) in [5, 5.41) is 5.63. The first-order valence-corrected chi connectivity index (χ1v) is 6.96. The molecule has 3 aromatic rings. The van der Waals surface area contributed by atoms with Gasteiger partial charge in [-0.2, -0.15) is 6.07 Å². The van der Waals surface area contributed by atoms with Crippen molar-refractivity contribution in [3.8, 4) is 0 Å². The Morgan fingerprint density at radius 3 is 2.33 bits per heavy atom. The summed E-state index contributed by atoms with van der Waals surface area (Å²) in [5.74, 6) is 0. The molecule has 0 radical (unpaired) electrons. The molecule has 0 saturated carbocycles. The second kappa shape index (κ2) is 9.25. The number of rotatable bonds is 4. The van der Waals surface area contributed by atoms with E-state index in [1.54, 1.807) is 0 Å². The third-order valence-corrected chi connectivity index (χ3v) is 3.80. The number of hydrogen-bond donors (Lipinski definition) is 0. The largest absolute Gasteiger partial charge is 0.358 e. The predicted octanol–water partition coefficient (Wildman–Crippen LogP) is 6.34. The second-order valence-corrected chi connectivity index (χ2v) is 5.07. The molecule has 0 fully saturated rings. The molecule has 1 heteroatoms. The first-order chi connectivity index (χ1) is 8.90. The quantitative estimate of drug-likeness (QED) is 0.250. The molecule has 0 aromatic heterocycles. The number of fused-ring (bicyclic) bond motifs is 3. The minimum atomic E-state index is 0. The van der Waals surface area contributed by atoms with Crippen molar-refractivity contribution in [2.45, 2.75) is 32.6 Å². The summed E-state index contributed by atoms with van der Waals surface area (Å²) in [6, 6.07) is 17.8. The van der Waals surface area contributed by atoms with E-state index >= 15 is 0 Å². The molecule has 0 bridgehead atoms. The smallest absolute Gasteiger partial charge is 0 e. The molecular formula is C20H25Hf-3. The third-order valence-electron chi connectivity index (χ3n) is 3.80. The zero-order valence-corrected chi connectivity index (χ0v) is 17.0. The monoisotopic (exact) mass is 445 g/mol. The minimum absolute atomic E-state index is 0. The molecule has 3 aromatic carbocycles.